The molecule has 0 radical (unpaired) electrons. The zero-order chi connectivity index (χ0) is 27.1. The van der Waals surface area contributed by atoms with Gasteiger partial charge in [-0.2, -0.15) is 0 Å². The van der Waals surface area contributed by atoms with E-state index in [2.05, 4.69) is 5.32 Å². The highest BCUT2D eigenvalue weighted by molar-refractivity contribution is 7.92. The van der Waals surface area contributed by atoms with Crippen LogP contribution in [0.2, 0.25) is 5.02 Å². The van der Waals surface area contributed by atoms with E-state index in [1.165, 1.54) is 12.1 Å². The predicted molar refractivity (Wildman–Crippen MR) is 128 cm³/mol. The molecule has 2 aliphatic rings. The van der Waals surface area contributed by atoms with Gasteiger partial charge in [-0.1, -0.05) is 18.5 Å². The van der Waals surface area contributed by atoms with Crippen molar-refractivity contribution in [2.45, 2.75) is 54.8 Å². The van der Waals surface area contributed by atoms with Crippen molar-refractivity contribution in [2.24, 2.45) is 11.8 Å². The van der Waals surface area contributed by atoms with Gasteiger partial charge in [0.1, 0.15) is 6.61 Å². The summed E-state index contributed by atoms with van der Waals surface area (Å²) in [6.45, 7) is 1.42. The highest BCUT2D eigenvalue weighted by Gasteiger charge is 2.54. The molecule has 2 bridgehead atoms. The number of nitrogens with one attached hydrogen (secondary N) is 1. The summed E-state index contributed by atoms with van der Waals surface area (Å²) in [5.74, 6) is -6.82. The molecule has 2 aliphatic carbocycles. The van der Waals surface area contributed by atoms with Crippen molar-refractivity contribution in [2.75, 3.05) is 11.9 Å². The lowest BCUT2D eigenvalue weighted by molar-refractivity contribution is -0.154. The molecule has 0 aromatic heterocycles. The van der Waals surface area contributed by atoms with Gasteiger partial charge in [-0.05, 0) is 55.7 Å². The van der Waals surface area contributed by atoms with Crippen molar-refractivity contribution < 1.29 is 41.0 Å². The molecule has 0 heterocycles. The van der Waals surface area contributed by atoms with Crippen molar-refractivity contribution in [3.8, 4) is 0 Å². The van der Waals surface area contributed by atoms with Crippen LogP contribution in [0.1, 0.15) is 49.4 Å². The smallest absolute Gasteiger partial charge is 0.305 e. The van der Waals surface area contributed by atoms with Crippen LogP contribution in [-0.2, 0) is 19.4 Å². The van der Waals surface area contributed by atoms with Crippen molar-refractivity contribution in [3.05, 3.63) is 58.4 Å². The average Bonchev–Trinajstić information content (AvgIpc) is 3.14. The monoisotopic (exact) mass is 559 g/mol. The van der Waals surface area contributed by atoms with E-state index in [1.807, 2.05) is 0 Å². The van der Waals surface area contributed by atoms with Gasteiger partial charge in [-0.25, -0.2) is 21.6 Å². The first kappa shape index (κ1) is 27.4. The maximum atomic E-state index is 13.7. The number of amides is 1. The van der Waals surface area contributed by atoms with E-state index in [0.29, 0.717) is 25.0 Å². The number of esters is 1. The first-order chi connectivity index (χ1) is 17.3. The fourth-order valence-corrected chi connectivity index (χ4v) is 8.26. The molecule has 2 fully saturated rings. The lowest BCUT2D eigenvalue weighted by Gasteiger charge is -2.40. The van der Waals surface area contributed by atoms with Crippen molar-refractivity contribution in [1.29, 1.82) is 0 Å². The number of hydrogen-bond donors (Lipinski definition) is 2. The van der Waals surface area contributed by atoms with E-state index in [4.69, 9.17) is 16.3 Å². The second-order valence-electron chi connectivity index (χ2n) is 9.61. The first-order valence-corrected chi connectivity index (χ1v) is 13.6. The topological polar surface area (TPSA) is 110 Å². The predicted octanol–water partition coefficient (Wildman–Crippen LogP) is 4.66. The summed E-state index contributed by atoms with van der Waals surface area (Å²) in [4.78, 5) is 24.0. The van der Waals surface area contributed by atoms with Gasteiger partial charge in [0.25, 0.3) is 5.91 Å². The number of carbonyl (C=O) groups is 2. The zero-order valence-electron chi connectivity index (χ0n) is 19.8. The van der Waals surface area contributed by atoms with Crippen LogP contribution in [0.4, 0.5) is 18.9 Å². The molecule has 2 aromatic carbocycles. The minimum Gasteiger partial charge on any atom is -0.463 e. The molecular formula is C25H25ClF3NO6S. The minimum atomic E-state index is -4.06. The summed E-state index contributed by atoms with van der Waals surface area (Å²) in [5, 5.41) is 12.2. The zero-order valence-corrected chi connectivity index (χ0v) is 21.3. The van der Waals surface area contributed by atoms with Crippen LogP contribution in [0, 0.1) is 29.3 Å². The SMILES string of the molecule is CCC(=O)OCC1(O)CC2CC[C@@H](C1)C2S(=O)(=O)c1cc(C(=O)Nc2cc(F)c(F)c(F)c2)ccc1Cl. The number of ether oxygens (including phenoxy) is 1. The number of rotatable bonds is 7. The molecule has 1 amide bonds. The van der Waals surface area contributed by atoms with Crippen molar-refractivity contribution in [3.63, 3.8) is 0 Å². The minimum absolute atomic E-state index is 0.104. The number of anilines is 1. The normalized spacial score (nSPS) is 25.1. The molecule has 0 aliphatic heterocycles. The van der Waals surface area contributed by atoms with Crippen LogP contribution >= 0.6 is 11.6 Å². The second-order valence-corrected chi connectivity index (χ2v) is 12.1. The molecule has 37 heavy (non-hydrogen) atoms. The summed E-state index contributed by atoms with van der Waals surface area (Å²) >= 11 is 6.24. The third-order valence-electron chi connectivity index (χ3n) is 7.01. The summed E-state index contributed by atoms with van der Waals surface area (Å²) in [7, 11) is -4.06. The Hall–Kier alpha value is -2.63. The van der Waals surface area contributed by atoms with Gasteiger partial charge < -0.3 is 15.2 Å². The molecule has 2 aromatic rings. The first-order valence-electron chi connectivity index (χ1n) is 11.7. The molecule has 4 atom stereocenters. The molecule has 0 saturated heterocycles. The van der Waals surface area contributed by atoms with Gasteiger partial charge in [0, 0.05) is 29.8 Å². The van der Waals surface area contributed by atoms with Gasteiger partial charge in [0.2, 0.25) is 0 Å². The highest BCUT2D eigenvalue weighted by Crippen LogP contribution is 2.51. The molecule has 2 N–H and O–H groups in total. The second kappa shape index (κ2) is 10.3. The summed E-state index contributed by atoms with van der Waals surface area (Å²) in [6.07, 6.45) is 1.53. The summed E-state index contributed by atoms with van der Waals surface area (Å²) < 4.78 is 72.8. The van der Waals surface area contributed by atoms with E-state index in [-0.39, 0.29) is 47.0 Å². The fraction of sp³-hybridized carbons (Fsp3) is 0.440. The number of fused-ring (bicyclic) bond motifs is 2. The number of aliphatic hydroxyl groups is 1. The molecule has 0 spiro atoms. The van der Waals surface area contributed by atoms with Gasteiger partial charge in [0.15, 0.2) is 27.3 Å². The Morgan fingerprint density at radius 2 is 1.70 bits per heavy atom. The van der Waals surface area contributed by atoms with Gasteiger partial charge in [-0.3, -0.25) is 9.59 Å². The summed E-state index contributed by atoms with van der Waals surface area (Å²) in [5.41, 5.74) is -1.82. The van der Waals surface area contributed by atoms with Crippen molar-refractivity contribution in [1.82, 2.24) is 0 Å². The summed E-state index contributed by atoms with van der Waals surface area (Å²) in [6, 6.07) is 4.78. The van der Waals surface area contributed by atoms with E-state index < -0.39 is 61.9 Å². The van der Waals surface area contributed by atoms with E-state index in [9.17, 15) is 36.3 Å². The number of hydrogen-bond acceptors (Lipinski definition) is 6. The standard InChI is InChI=1S/C25H25ClF3NO6S/c1-2-21(31)36-12-25(33)10-14-3-4-15(11-25)23(14)37(34,35)20-7-13(5-6-17(20)26)24(32)30-16-8-18(27)22(29)19(28)9-16/h5-9,14-15,23,33H,2-4,10-12H2,1H3,(H,30,32)/t14-,15?,23?,25?/m0/s1. The van der Waals surface area contributed by atoms with Gasteiger partial charge in [-0.15, -0.1) is 0 Å². The number of halogens is 4. The molecular weight excluding hydrogens is 535 g/mol. The van der Waals surface area contributed by atoms with E-state index >= 15 is 0 Å². The Bertz CT molecular complexity index is 1310. The maximum Gasteiger partial charge on any atom is 0.305 e. The Balaban J connectivity index is 1.57. The Kier molecular flexibility index (Phi) is 7.60. The quantitative estimate of drug-likeness (QED) is 0.377. The third-order valence-corrected chi connectivity index (χ3v) is 9.89. The average molecular weight is 560 g/mol. The van der Waals surface area contributed by atoms with Crippen LogP contribution in [0.25, 0.3) is 0 Å². The van der Waals surface area contributed by atoms with Crippen molar-refractivity contribution >= 4 is 39.0 Å². The van der Waals surface area contributed by atoms with Crippen LogP contribution in [0.3, 0.4) is 0 Å². The largest absolute Gasteiger partial charge is 0.463 e. The van der Waals surface area contributed by atoms with Crippen LogP contribution < -0.4 is 5.32 Å². The molecule has 4 rings (SSSR count). The highest BCUT2D eigenvalue weighted by atomic mass is 35.5. The number of benzene rings is 2. The number of carbonyl (C=O) groups excluding carboxylic acids is 2. The van der Waals surface area contributed by atoms with E-state index in [0.717, 1.165) is 6.07 Å². The third kappa shape index (κ3) is 5.49. The van der Waals surface area contributed by atoms with E-state index in [1.54, 1.807) is 6.92 Å². The van der Waals surface area contributed by atoms with Gasteiger partial charge >= 0.3 is 5.97 Å². The van der Waals surface area contributed by atoms with Gasteiger partial charge in [0.05, 0.1) is 20.8 Å². The maximum absolute atomic E-state index is 13.7. The van der Waals surface area contributed by atoms with Crippen LogP contribution in [-0.4, -0.2) is 42.9 Å². The fourth-order valence-electron chi connectivity index (χ4n) is 5.42. The number of sulfone groups is 1. The van der Waals surface area contributed by atoms with Crippen LogP contribution in [0.5, 0.6) is 0 Å². The Labute approximate surface area is 216 Å². The lowest BCUT2D eigenvalue weighted by atomic mass is 9.77. The lowest BCUT2D eigenvalue weighted by Crippen LogP contribution is -2.48. The Morgan fingerprint density at radius 1 is 1.11 bits per heavy atom. The molecule has 200 valence electrons. The molecule has 12 heteroatoms. The molecule has 7 nitrogen and oxygen atoms in total. The van der Waals surface area contributed by atoms with Crippen LogP contribution in [0.15, 0.2) is 35.2 Å². The Morgan fingerprint density at radius 3 is 2.27 bits per heavy atom. The molecule has 3 unspecified atom stereocenters. The molecule has 2 saturated carbocycles.